The molecule has 136 valence electrons. The van der Waals surface area contributed by atoms with Gasteiger partial charge in [-0.3, -0.25) is 9.67 Å². The van der Waals surface area contributed by atoms with Gasteiger partial charge in [0.15, 0.2) is 5.96 Å². The van der Waals surface area contributed by atoms with Crippen molar-refractivity contribution in [2.45, 2.75) is 25.7 Å². The highest BCUT2D eigenvalue weighted by Crippen LogP contribution is 2.26. The maximum absolute atomic E-state index is 4.50. The average molecular weight is 446 g/mol. The van der Waals surface area contributed by atoms with Gasteiger partial charge in [-0.25, -0.2) is 0 Å². The zero-order chi connectivity index (χ0) is 16.2. The summed E-state index contributed by atoms with van der Waals surface area (Å²) in [7, 11) is 3.88. The van der Waals surface area contributed by atoms with E-state index in [1.54, 1.807) is 0 Å². The summed E-state index contributed by atoms with van der Waals surface area (Å²) in [4.78, 5) is 9.42. The molecule has 2 aliphatic heterocycles. The molecule has 7 heteroatoms. The number of aliphatic imine (C=N–C) groups is 1. The molecule has 2 unspecified atom stereocenters. The predicted octanol–water partition coefficient (Wildman–Crippen LogP) is 1.74. The monoisotopic (exact) mass is 446 g/mol. The van der Waals surface area contributed by atoms with Crippen molar-refractivity contribution >= 4 is 29.9 Å². The van der Waals surface area contributed by atoms with Crippen molar-refractivity contribution in [2.24, 2.45) is 18.0 Å². The van der Waals surface area contributed by atoms with Gasteiger partial charge < -0.3 is 15.1 Å². The van der Waals surface area contributed by atoms with Crippen LogP contribution >= 0.6 is 24.0 Å². The summed E-state index contributed by atoms with van der Waals surface area (Å²) >= 11 is 0. The highest BCUT2D eigenvalue weighted by atomic mass is 127. The van der Waals surface area contributed by atoms with Crippen molar-refractivity contribution in [2.75, 3.05) is 46.3 Å². The van der Waals surface area contributed by atoms with Gasteiger partial charge in [-0.1, -0.05) is 6.92 Å². The zero-order valence-corrected chi connectivity index (χ0v) is 17.4. The van der Waals surface area contributed by atoms with Crippen LogP contribution in [0.4, 0.5) is 0 Å². The molecule has 3 heterocycles. The van der Waals surface area contributed by atoms with E-state index in [2.05, 4.69) is 38.3 Å². The number of rotatable bonds is 4. The average Bonchev–Trinajstić information content (AvgIpc) is 3.28. The SMILES string of the molecule is CCN1CCC(CNC(=NC)N2CCC(c3cnn(C)c3)C2)C1.I. The van der Waals surface area contributed by atoms with E-state index in [4.69, 9.17) is 0 Å². The van der Waals surface area contributed by atoms with Gasteiger partial charge in [0, 0.05) is 52.4 Å². The summed E-state index contributed by atoms with van der Waals surface area (Å²) in [6.45, 7) is 9.04. The second kappa shape index (κ2) is 9.03. The van der Waals surface area contributed by atoms with Crippen LogP contribution < -0.4 is 5.32 Å². The predicted molar refractivity (Wildman–Crippen MR) is 109 cm³/mol. The topological polar surface area (TPSA) is 48.7 Å². The first kappa shape index (κ1) is 19.5. The molecule has 0 aromatic carbocycles. The third-order valence-corrected chi connectivity index (χ3v) is 5.26. The lowest BCUT2D eigenvalue weighted by molar-refractivity contribution is 0.341. The molecule has 6 nitrogen and oxygen atoms in total. The fourth-order valence-corrected chi connectivity index (χ4v) is 3.81. The van der Waals surface area contributed by atoms with Crippen molar-refractivity contribution in [3.05, 3.63) is 18.0 Å². The number of aromatic nitrogens is 2. The van der Waals surface area contributed by atoms with Crippen LogP contribution in [0.1, 0.15) is 31.2 Å². The van der Waals surface area contributed by atoms with Crippen LogP contribution in [0, 0.1) is 5.92 Å². The smallest absolute Gasteiger partial charge is 0.193 e. The van der Waals surface area contributed by atoms with Crippen LogP contribution in [-0.4, -0.2) is 71.9 Å². The molecule has 2 aliphatic rings. The van der Waals surface area contributed by atoms with Gasteiger partial charge >= 0.3 is 0 Å². The highest BCUT2D eigenvalue weighted by molar-refractivity contribution is 14.0. The van der Waals surface area contributed by atoms with Gasteiger partial charge in [0.05, 0.1) is 6.20 Å². The van der Waals surface area contributed by atoms with E-state index in [9.17, 15) is 0 Å². The molecule has 3 rings (SSSR count). The fourth-order valence-electron chi connectivity index (χ4n) is 3.81. The minimum Gasteiger partial charge on any atom is -0.356 e. The van der Waals surface area contributed by atoms with Gasteiger partial charge in [0.1, 0.15) is 0 Å². The van der Waals surface area contributed by atoms with Crippen LogP contribution in [0.2, 0.25) is 0 Å². The summed E-state index contributed by atoms with van der Waals surface area (Å²) in [6.07, 6.45) is 6.63. The third-order valence-electron chi connectivity index (χ3n) is 5.26. The number of nitrogens with zero attached hydrogens (tertiary/aromatic N) is 5. The standard InChI is InChI=1S/C17H30N6.HI/c1-4-22-7-5-14(11-22)9-19-17(18-2)23-8-6-15(13-23)16-10-20-21(3)12-16;/h10,12,14-15H,4-9,11,13H2,1-3H3,(H,18,19);1H. The Balaban J connectivity index is 0.00000208. The van der Waals surface area contributed by atoms with E-state index >= 15 is 0 Å². The Hall–Kier alpha value is -0.830. The van der Waals surface area contributed by atoms with Gasteiger partial charge in [0.2, 0.25) is 0 Å². The number of guanidine groups is 1. The molecule has 24 heavy (non-hydrogen) atoms. The van der Waals surface area contributed by atoms with Crippen LogP contribution in [0.5, 0.6) is 0 Å². The first-order chi connectivity index (χ1) is 11.2. The van der Waals surface area contributed by atoms with Crippen LogP contribution in [0.15, 0.2) is 17.4 Å². The summed E-state index contributed by atoms with van der Waals surface area (Å²) < 4.78 is 1.89. The number of aryl methyl sites for hydroxylation is 1. The molecule has 1 aromatic rings. The Kier molecular flexibility index (Phi) is 7.34. The van der Waals surface area contributed by atoms with E-state index in [1.807, 2.05) is 25.0 Å². The van der Waals surface area contributed by atoms with E-state index in [0.29, 0.717) is 5.92 Å². The number of nitrogens with one attached hydrogen (secondary N) is 1. The van der Waals surface area contributed by atoms with E-state index in [1.165, 1.54) is 38.0 Å². The maximum Gasteiger partial charge on any atom is 0.193 e. The van der Waals surface area contributed by atoms with Gasteiger partial charge in [0.25, 0.3) is 0 Å². The molecule has 1 N–H and O–H groups in total. The Morgan fingerprint density at radius 1 is 1.33 bits per heavy atom. The summed E-state index contributed by atoms with van der Waals surface area (Å²) in [6, 6.07) is 0. The Labute approximate surface area is 162 Å². The summed E-state index contributed by atoms with van der Waals surface area (Å²) in [5, 5.41) is 7.91. The van der Waals surface area contributed by atoms with Gasteiger partial charge in [-0.15, -0.1) is 24.0 Å². The van der Waals surface area contributed by atoms with E-state index in [-0.39, 0.29) is 24.0 Å². The molecule has 2 saturated heterocycles. The molecular weight excluding hydrogens is 415 g/mol. The normalized spacial score (nSPS) is 25.1. The van der Waals surface area contributed by atoms with Gasteiger partial charge in [-0.05, 0) is 37.4 Å². The number of hydrogen-bond donors (Lipinski definition) is 1. The van der Waals surface area contributed by atoms with Crippen LogP contribution in [0.25, 0.3) is 0 Å². The lowest BCUT2D eigenvalue weighted by Gasteiger charge is -2.23. The molecule has 2 atom stereocenters. The first-order valence-corrected chi connectivity index (χ1v) is 8.86. The molecule has 0 radical (unpaired) electrons. The second-order valence-corrected chi connectivity index (χ2v) is 6.85. The van der Waals surface area contributed by atoms with Crippen molar-refractivity contribution < 1.29 is 0 Å². The molecule has 1 aromatic heterocycles. The summed E-state index contributed by atoms with van der Waals surface area (Å²) in [5.74, 6) is 2.39. The lowest BCUT2D eigenvalue weighted by Crippen LogP contribution is -2.42. The Morgan fingerprint density at radius 3 is 2.79 bits per heavy atom. The molecule has 0 amide bonds. The van der Waals surface area contributed by atoms with Crippen LogP contribution in [0.3, 0.4) is 0 Å². The van der Waals surface area contributed by atoms with E-state index < -0.39 is 0 Å². The minimum absolute atomic E-state index is 0. The van der Waals surface area contributed by atoms with Crippen LogP contribution in [-0.2, 0) is 7.05 Å². The lowest BCUT2D eigenvalue weighted by atomic mass is 10.0. The zero-order valence-electron chi connectivity index (χ0n) is 15.1. The van der Waals surface area contributed by atoms with E-state index in [0.717, 1.165) is 31.5 Å². The molecule has 2 fully saturated rings. The molecule has 0 aliphatic carbocycles. The first-order valence-electron chi connectivity index (χ1n) is 8.86. The number of likely N-dealkylation sites (tertiary alicyclic amines) is 2. The second-order valence-electron chi connectivity index (χ2n) is 6.85. The highest BCUT2D eigenvalue weighted by Gasteiger charge is 2.28. The van der Waals surface area contributed by atoms with Crippen molar-refractivity contribution in [3.63, 3.8) is 0 Å². The molecule has 0 saturated carbocycles. The Morgan fingerprint density at radius 2 is 2.17 bits per heavy atom. The van der Waals surface area contributed by atoms with Crippen molar-refractivity contribution in [1.82, 2.24) is 24.9 Å². The van der Waals surface area contributed by atoms with Crippen molar-refractivity contribution in [3.8, 4) is 0 Å². The number of hydrogen-bond acceptors (Lipinski definition) is 3. The molecule has 0 spiro atoms. The molecular formula is C17H31IN6. The third kappa shape index (κ3) is 4.62. The maximum atomic E-state index is 4.50. The number of halogens is 1. The minimum atomic E-state index is 0. The largest absolute Gasteiger partial charge is 0.356 e. The van der Waals surface area contributed by atoms with Gasteiger partial charge in [-0.2, -0.15) is 5.10 Å². The molecule has 0 bridgehead atoms. The Bertz CT molecular complexity index is 543. The van der Waals surface area contributed by atoms with Crippen molar-refractivity contribution in [1.29, 1.82) is 0 Å². The quantitative estimate of drug-likeness (QED) is 0.435. The fraction of sp³-hybridized carbons (Fsp3) is 0.765. The summed E-state index contributed by atoms with van der Waals surface area (Å²) in [5.41, 5.74) is 1.35.